The fraction of sp³-hybridized carbons (Fsp3) is 0.182. The number of nitroso groups, excluding NO2 is 1. The Morgan fingerprint density at radius 3 is 2.50 bits per heavy atom. The maximum Gasteiger partial charge on any atom is 0.364 e. The average Bonchev–Trinajstić information content (AvgIpc) is 2.31. The smallest absolute Gasteiger partial charge is 0.364 e. The van der Waals surface area contributed by atoms with E-state index in [4.69, 9.17) is 0 Å². The van der Waals surface area contributed by atoms with Crippen molar-refractivity contribution < 1.29 is 14.6 Å². The van der Waals surface area contributed by atoms with E-state index in [0.29, 0.717) is 5.56 Å². The molecule has 0 aliphatic carbocycles. The second kappa shape index (κ2) is 5.65. The van der Waals surface area contributed by atoms with Crippen LogP contribution in [0.2, 0.25) is 0 Å². The van der Waals surface area contributed by atoms with E-state index in [1.165, 1.54) is 0 Å². The van der Waals surface area contributed by atoms with E-state index in [9.17, 15) is 14.8 Å². The molecule has 0 heterocycles. The molecular weight excluding hydrogens is 210 g/mol. The van der Waals surface area contributed by atoms with Crippen molar-refractivity contribution in [3.8, 4) is 0 Å². The molecule has 0 spiro atoms. The molecule has 0 amide bonds. The summed E-state index contributed by atoms with van der Waals surface area (Å²) in [4.78, 5) is 21.7. The number of rotatable bonds is 4. The van der Waals surface area contributed by atoms with Crippen LogP contribution in [0.1, 0.15) is 12.5 Å². The number of hydrogen-bond donors (Lipinski definition) is 1. The van der Waals surface area contributed by atoms with Crippen molar-refractivity contribution >= 4 is 11.7 Å². The first-order valence-electron chi connectivity index (χ1n) is 4.69. The van der Waals surface area contributed by atoms with Crippen molar-refractivity contribution in [3.05, 3.63) is 46.5 Å². The lowest BCUT2D eigenvalue weighted by Crippen LogP contribution is -2.08. The van der Waals surface area contributed by atoms with Gasteiger partial charge in [0.25, 0.3) is 0 Å². The number of aliphatic hydroxyl groups excluding tert-OH is 1. The van der Waals surface area contributed by atoms with Crippen molar-refractivity contribution in [1.29, 1.82) is 0 Å². The van der Waals surface area contributed by atoms with Crippen LogP contribution in [-0.4, -0.2) is 17.7 Å². The summed E-state index contributed by atoms with van der Waals surface area (Å²) in [5.41, 5.74) is -0.279. The first-order chi connectivity index (χ1) is 7.70. The lowest BCUT2D eigenvalue weighted by Gasteiger charge is -2.03. The zero-order valence-electron chi connectivity index (χ0n) is 8.71. The minimum Gasteiger partial charge on any atom is -0.505 e. The number of esters is 1. The first kappa shape index (κ1) is 11.9. The third-order valence-corrected chi connectivity index (χ3v) is 1.83. The van der Waals surface area contributed by atoms with Crippen LogP contribution in [-0.2, 0) is 9.53 Å². The van der Waals surface area contributed by atoms with Crippen LogP contribution in [0.3, 0.4) is 0 Å². The van der Waals surface area contributed by atoms with Crippen molar-refractivity contribution in [2.45, 2.75) is 6.92 Å². The Bertz CT molecular complexity index is 411. The van der Waals surface area contributed by atoms with Gasteiger partial charge in [-0.15, -0.1) is 4.91 Å². The highest BCUT2D eigenvalue weighted by Crippen LogP contribution is 2.17. The normalized spacial score (nSPS) is 11.6. The van der Waals surface area contributed by atoms with Crippen molar-refractivity contribution in [2.75, 3.05) is 6.61 Å². The lowest BCUT2D eigenvalue weighted by molar-refractivity contribution is -0.138. The van der Waals surface area contributed by atoms with Crippen LogP contribution in [0.15, 0.2) is 41.2 Å². The summed E-state index contributed by atoms with van der Waals surface area (Å²) in [7, 11) is 0. The lowest BCUT2D eigenvalue weighted by atomic mass is 10.1. The minimum atomic E-state index is -0.932. The standard InChI is InChI=1S/C11H11NO4/c1-2-16-11(14)9(12-15)10(13)8-6-4-3-5-7-8/h3-7,13H,2H2,1H3/b10-9-. The summed E-state index contributed by atoms with van der Waals surface area (Å²) in [6, 6.07) is 8.19. The Balaban J connectivity index is 3.09. The summed E-state index contributed by atoms with van der Waals surface area (Å²) < 4.78 is 4.59. The molecule has 16 heavy (non-hydrogen) atoms. The van der Waals surface area contributed by atoms with Gasteiger partial charge in [-0.1, -0.05) is 30.3 Å². The second-order valence-corrected chi connectivity index (χ2v) is 2.87. The largest absolute Gasteiger partial charge is 0.505 e. The zero-order chi connectivity index (χ0) is 12.0. The van der Waals surface area contributed by atoms with E-state index in [1.807, 2.05) is 0 Å². The second-order valence-electron chi connectivity index (χ2n) is 2.87. The van der Waals surface area contributed by atoms with Crippen LogP contribution < -0.4 is 0 Å². The Hall–Kier alpha value is -2.17. The van der Waals surface area contributed by atoms with Gasteiger partial charge in [-0.25, -0.2) is 4.79 Å². The van der Waals surface area contributed by atoms with Gasteiger partial charge in [0, 0.05) is 5.56 Å². The highest BCUT2D eigenvalue weighted by Gasteiger charge is 2.18. The molecule has 1 rings (SSSR count). The molecule has 0 unspecified atom stereocenters. The Morgan fingerprint density at radius 2 is 2.00 bits per heavy atom. The topological polar surface area (TPSA) is 76.0 Å². The van der Waals surface area contributed by atoms with Gasteiger partial charge in [0.2, 0.25) is 5.70 Å². The van der Waals surface area contributed by atoms with E-state index < -0.39 is 17.4 Å². The van der Waals surface area contributed by atoms with Gasteiger partial charge in [-0.2, -0.15) is 0 Å². The molecule has 0 aromatic heterocycles. The highest BCUT2D eigenvalue weighted by molar-refractivity contribution is 5.95. The van der Waals surface area contributed by atoms with E-state index in [-0.39, 0.29) is 6.61 Å². The number of benzene rings is 1. The van der Waals surface area contributed by atoms with Gasteiger partial charge in [-0.3, -0.25) is 0 Å². The fourth-order valence-electron chi connectivity index (χ4n) is 1.11. The van der Waals surface area contributed by atoms with Gasteiger partial charge in [0.05, 0.1) is 6.61 Å². The Kier molecular flexibility index (Phi) is 4.20. The number of nitrogens with zero attached hydrogens (tertiary/aromatic N) is 1. The molecular formula is C11H11NO4. The molecule has 5 heteroatoms. The minimum absolute atomic E-state index is 0.111. The zero-order valence-corrected chi connectivity index (χ0v) is 8.71. The molecule has 0 fully saturated rings. The van der Waals surface area contributed by atoms with E-state index >= 15 is 0 Å². The maximum atomic E-state index is 11.3. The van der Waals surface area contributed by atoms with E-state index in [2.05, 4.69) is 9.91 Å². The molecule has 0 saturated carbocycles. The third kappa shape index (κ3) is 2.66. The molecule has 0 radical (unpaired) electrons. The van der Waals surface area contributed by atoms with Crippen LogP contribution in [0, 0.1) is 4.91 Å². The number of hydrogen-bond acceptors (Lipinski definition) is 5. The number of carbonyl (C=O) groups is 1. The highest BCUT2D eigenvalue weighted by atomic mass is 16.5. The molecule has 1 aromatic rings. The molecule has 0 saturated heterocycles. The fourth-order valence-corrected chi connectivity index (χ4v) is 1.11. The summed E-state index contributed by atoms with van der Waals surface area (Å²) >= 11 is 0. The molecule has 1 N–H and O–H groups in total. The van der Waals surface area contributed by atoms with Crippen molar-refractivity contribution in [1.82, 2.24) is 0 Å². The summed E-state index contributed by atoms with van der Waals surface area (Å²) in [6.45, 7) is 1.71. The molecule has 84 valence electrons. The van der Waals surface area contributed by atoms with Crippen molar-refractivity contribution in [2.24, 2.45) is 5.18 Å². The maximum absolute atomic E-state index is 11.3. The predicted molar refractivity (Wildman–Crippen MR) is 58.4 cm³/mol. The number of carbonyl (C=O) groups excluding carboxylic acids is 1. The van der Waals surface area contributed by atoms with Gasteiger partial charge < -0.3 is 9.84 Å². The first-order valence-corrected chi connectivity index (χ1v) is 4.69. The summed E-state index contributed by atoms with van der Waals surface area (Å²) in [5.74, 6) is -1.41. The molecule has 0 aliphatic rings. The third-order valence-electron chi connectivity index (χ3n) is 1.83. The van der Waals surface area contributed by atoms with Gasteiger partial charge >= 0.3 is 5.97 Å². The van der Waals surface area contributed by atoms with Crippen LogP contribution in [0.25, 0.3) is 5.76 Å². The summed E-state index contributed by atoms with van der Waals surface area (Å²) in [6.07, 6.45) is 0. The Morgan fingerprint density at radius 1 is 1.38 bits per heavy atom. The quantitative estimate of drug-likeness (QED) is 0.366. The molecule has 1 aromatic carbocycles. The molecule has 0 aliphatic heterocycles. The number of aliphatic hydroxyl groups is 1. The number of ether oxygens (including phenoxy) is 1. The monoisotopic (exact) mass is 221 g/mol. The van der Waals surface area contributed by atoms with Gasteiger partial charge in [0.15, 0.2) is 5.76 Å². The summed E-state index contributed by atoms with van der Waals surface area (Å²) in [5, 5.41) is 12.2. The van der Waals surface area contributed by atoms with Crippen molar-refractivity contribution in [3.63, 3.8) is 0 Å². The van der Waals surface area contributed by atoms with Gasteiger partial charge in [-0.05, 0) is 12.1 Å². The van der Waals surface area contributed by atoms with Crippen LogP contribution in [0.4, 0.5) is 0 Å². The average molecular weight is 221 g/mol. The molecule has 5 nitrogen and oxygen atoms in total. The SMILES string of the molecule is CCOC(=O)/C(N=O)=C(/O)c1ccccc1. The van der Waals surface area contributed by atoms with Crippen LogP contribution in [0.5, 0.6) is 0 Å². The molecule has 0 atom stereocenters. The van der Waals surface area contributed by atoms with E-state index in [0.717, 1.165) is 0 Å². The predicted octanol–water partition coefficient (Wildman–Crippen LogP) is 2.24. The van der Waals surface area contributed by atoms with Gasteiger partial charge in [0.1, 0.15) is 0 Å². The van der Waals surface area contributed by atoms with Crippen LogP contribution >= 0.6 is 0 Å². The molecule has 0 bridgehead atoms. The Labute approximate surface area is 92.3 Å². The van der Waals surface area contributed by atoms with E-state index in [1.54, 1.807) is 37.3 Å².